The van der Waals surface area contributed by atoms with Crippen molar-refractivity contribution < 1.29 is 8.42 Å². The molecule has 2 aromatic rings. The van der Waals surface area contributed by atoms with Crippen LogP contribution in [0.15, 0.2) is 23.4 Å². The second-order valence-corrected chi connectivity index (χ2v) is 6.60. The van der Waals surface area contributed by atoms with Gasteiger partial charge in [0.05, 0.1) is 11.4 Å². The number of aromatic nitrogens is 3. The third kappa shape index (κ3) is 2.52. The van der Waals surface area contributed by atoms with E-state index in [2.05, 4.69) is 15.2 Å². The van der Waals surface area contributed by atoms with Crippen molar-refractivity contribution in [3.8, 4) is 0 Å². The molecule has 3 N–H and O–H groups in total. The maximum Gasteiger partial charge on any atom is 0.243 e. The second kappa shape index (κ2) is 5.22. The van der Waals surface area contributed by atoms with Crippen LogP contribution in [0.5, 0.6) is 0 Å². The van der Waals surface area contributed by atoms with Crippen molar-refractivity contribution in [2.45, 2.75) is 25.3 Å². The Bertz CT molecular complexity index is 710. The summed E-state index contributed by atoms with van der Waals surface area (Å²) in [6, 6.07) is 3.41. The maximum absolute atomic E-state index is 12.7. The van der Waals surface area contributed by atoms with E-state index in [1.807, 2.05) is 0 Å². The minimum Gasteiger partial charge on any atom is -0.398 e. The summed E-state index contributed by atoms with van der Waals surface area (Å²) in [6.07, 6.45) is 1.34. The molecule has 0 bridgehead atoms. The van der Waals surface area contributed by atoms with Crippen molar-refractivity contribution in [3.05, 3.63) is 35.4 Å². The van der Waals surface area contributed by atoms with Crippen molar-refractivity contribution in [2.24, 2.45) is 0 Å². The van der Waals surface area contributed by atoms with E-state index in [-0.39, 0.29) is 11.4 Å². The number of nitrogens with one attached hydrogen (secondary N) is 1. The molecular formula is C12H17N5O2S. The fraction of sp³-hybridized carbons (Fsp3) is 0.333. The van der Waals surface area contributed by atoms with Gasteiger partial charge >= 0.3 is 0 Å². The van der Waals surface area contributed by atoms with Gasteiger partial charge in [0.1, 0.15) is 12.2 Å². The van der Waals surface area contributed by atoms with Gasteiger partial charge in [-0.2, -0.15) is 9.40 Å². The van der Waals surface area contributed by atoms with Crippen LogP contribution in [0.3, 0.4) is 0 Å². The van der Waals surface area contributed by atoms with Crippen LogP contribution in [0, 0.1) is 13.8 Å². The summed E-state index contributed by atoms with van der Waals surface area (Å²) in [6.45, 7) is 3.58. The van der Waals surface area contributed by atoms with E-state index in [0.717, 1.165) is 0 Å². The van der Waals surface area contributed by atoms with Gasteiger partial charge in [-0.25, -0.2) is 13.4 Å². The summed E-state index contributed by atoms with van der Waals surface area (Å²) in [4.78, 5) is 4.18. The Morgan fingerprint density at radius 2 is 2.05 bits per heavy atom. The second-order valence-electron chi connectivity index (χ2n) is 4.62. The molecule has 7 nitrogen and oxygen atoms in total. The number of nitrogens with two attached hydrogens (primary N) is 1. The van der Waals surface area contributed by atoms with Gasteiger partial charge in [-0.15, -0.1) is 0 Å². The zero-order valence-electron chi connectivity index (χ0n) is 11.6. The standard InChI is InChI=1S/C12H17N5O2S/c1-8-4-5-10(13)9(2)12(8)20(18,19)17(3)6-11-14-7-15-16-11/h4-5,7H,6,13H2,1-3H3,(H,14,15,16). The minimum absolute atomic E-state index is 0.121. The van der Waals surface area contributed by atoms with E-state index in [4.69, 9.17) is 5.73 Å². The number of anilines is 1. The van der Waals surface area contributed by atoms with Crippen molar-refractivity contribution in [1.29, 1.82) is 0 Å². The van der Waals surface area contributed by atoms with Gasteiger partial charge in [0.2, 0.25) is 10.0 Å². The van der Waals surface area contributed by atoms with Crippen LogP contribution >= 0.6 is 0 Å². The zero-order valence-corrected chi connectivity index (χ0v) is 12.4. The van der Waals surface area contributed by atoms with E-state index in [1.54, 1.807) is 26.0 Å². The molecule has 1 aromatic heterocycles. The lowest BCUT2D eigenvalue weighted by Gasteiger charge is -2.19. The molecule has 1 aromatic carbocycles. The Labute approximate surface area is 117 Å². The average Bonchev–Trinajstić information content (AvgIpc) is 2.87. The topological polar surface area (TPSA) is 105 Å². The summed E-state index contributed by atoms with van der Waals surface area (Å²) in [5.41, 5.74) is 7.50. The number of benzene rings is 1. The number of hydrogen-bond acceptors (Lipinski definition) is 5. The molecule has 0 aliphatic rings. The number of hydrogen-bond donors (Lipinski definition) is 2. The first kappa shape index (κ1) is 14.5. The predicted octanol–water partition coefficient (Wildman–Crippen LogP) is 0.824. The molecule has 1 heterocycles. The highest BCUT2D eigenvalue weighted by Gasteiger charge is 2.26. The van der Waals surface area contributed by atoms with E-state index < -0.39 is 10.0 Å². The normalized spacial score (nSPS) is 12.0. The average molecular weight is 295 g/mol. The highest BCUT2D eigenvalue weighted by Crippen LogP contribution is 2.27. The SMILES string of the molecule is Cc1ccc(N)c(C)c1S(=O)(=O)N(C)Cc1ncn[nH]1. The molecule has 20 heavy (non-hydrogen) atoms. The molecule has 0 unspecified atom stereocenters. The van der Waals surface area contributed by atoms with E-state index in [1.165, 1.54) is 17.7 Å². The van der Waals surface area contributed by atoms with Crippen LogP contribution in [0.25, 0.3) is 0 Å². The molecular weight excluding hydrogens is 278 g/mol. The van der Waals surface area contributed by atoms with Crippen LogP contribution in [-0.2, 0) is 16.6 Å². The predicted molar refractivity (Wildman–Crippen MR) is 75.4 cm³/mol. The van der Waals surface area contributed by atoms with Crippen LogP contribution in [-0.4, -0.2) is 35.0 Å². The van der Waals surface area contributed by atoms with Crippen molar-refractivity contribution in [2.75, 3.05) is 12.8 Å². The molecule has 0 atom stereocenters. The molecule has 0 saturated carbocycles. The fourth-order valence-electron chi connectivity index (χ4n) is 2.00. The first-order valence-corrected chi connectivity index (χ1v) is 7.44. The number of rotatable bonds is 4. The fourth-order valence-corrected chi connectivity index (χ4v) is 3.58. The van der Waals surface area contributed by atoms with Crippen LogP contribution in [0.4, 0.5) is 5.69 Å². The van der Waals surface area contributed by atoms with Crippen molar-refractivity contribution in [1.82, 2.24) is 19.5 Å². The monoisotopic (exact) mass is 295 g/mol. The van der Waals surface area contributed by atoms with E-state index in [9.17, 15) is 8.42 Å². The minimum atomic E-state index is -3.63. The first-order chi connectivity index (χ1) is 9.34. The Morgan fingerprint density at radius 1 is 1.35 bits per heavy atom. The summed E-state index contributed by atoms with van der Waals surface area (Å²) < 4.78 is 26.5. The summed E-state index contributed by atoms with van der Waals surface area (Å²) >= 11 is 0. The number of nitrogen functional groups attached to an aromatic ring is 1. The van der Waals surface area contributed by atoms with Crippen molar-refractivity contribution >= 4 is 15.7 Å². The van der Waals surface area contributed by atoms with Gasteiger partial charge in [0, 0.05) is 12.7 Å². The Balaban J connectivity index is 2.42. The molecule has 2 rings (SSSR count). The molecule has 108 valence electrons. The third-order valence-corrected chi connectivity index (χ3v) is 5.24. The highest BCUT2D eigenvalue weighted by atomic mass is 32.2. The Hall–Kier alpha value is -1.93. The number of sulfonamides is 1. The molecule has 0 aliphatic heterocycles. The quantitative estimate of drug-likeness (QED) is 0.813. The maximum atomic E-state index is 12.7. The first-order valence-electron chi connectivity index (χ1n) is 6.00. The lowest BCUT2D eigenvalue weighted by atomic mass is 10.1. The molecule has 0 radical (unpaired) electrons. The largest absolute Gasteiger partial charge is 0.398 e. The number of nitrogens with zero attached hydrogens (tertiary/aromatic N) is 3. The number of aryl methyl sites for hydroxylation is 1. The molecule has 8 heteroatoms. The Kier molecular flexibility index (Phi) is 3.78. The van der Waals surface area contributed by atoms with Gasteiger partial charge in [-0.1, -0.05) is 6.07 Å². The van der Waals surface area contributed by atoms with Gasteiger partial charge in [0.15, 0.2) is 0 Å². The third-order valence-electron chi connectivity index (χ3n) is 3.15. The lowest BCUT2D eigenvalue weighted by molar-refractivity contribution is 0.456. The van der Waals surface area contributed by atoms with Gasteiger partial charge in [0.25, 0.3) is 0 Å². The molecule has 0 fully saturated rings. The van der Waals surface area contributed by atoms with E-state index >= 15 is 0 Å². The summed E-state index contributed by atoms with van der Waals surface area (Å²) in [7, 11) is -2.13. The summed E-state index contributed by atoms with van der Waals surface area (Å²) in [5.74, 6) is 0.482. The van der Waals surface area contributed by atoms with Crippen molar-refractivity contribution in [3.63, 3.8) is 0 Å². The Morgan fingerprint density at radius 3 is 2.65 bits per heavy atom. The molecule has 0 aliphatic carbocycles. The molecule has 0 spiro atoms. The van der Waals surface area contributed by atoms with Crippen LogP contribution in [0.1, 0.15) is 17.0 Å². The lowest BCUT2D eigenvalue weighted by Crippen LogP contribution is -2.28. The smallest absolute Gasteiger partial charge is 0.243 e. The summed E-state index contributed by atoms with van der Waals surface area (Å²) in [5, 5.41) is 6.34. The highest BCUT2D eigenvalue weighted by molar-refractivity contribution is 7.89. The molecule has 0 amide bonds. The zero-order chi connectivity index (χ0) is 14.9. The van der Waals surface area contributed by atoms with Gasteiger partial charge < -0.3 is 5.73 Å². The van der Waals surface area contributed by atoms with Crippen LogP contribution in [0.2, 0.25) is 0 Å². The van der Waals surface area contributed by atoms with Gasteiger partial charge in [-0.3, -0.25) is 5.10 Å². The van der Waals surface area contributed by atoms with E-state index in [0.29, 0.717) is 22.6 Å². The van der Waals surface area contributed by atoms with Gasteiger partial charge in [-0.05, 0) is 31.0 Å². The number of aromatic amines is 1. The number of H-pyrrole nitrogens is 1. The van der Waals surface area contributed by atoms with Crippen LogP contribution < -0.4 is 5.73 Å². The molecule has 0 saturated heterocycles.